The first-order chi connectivity index (χ1) is 28.4. The molecule has 59 heavy (non-hydrogen) atoms. The van der Waals surface area contributed by atoms with Crippen molar-refractivity contribution in [2.45, 2.75) is 122 Å². The van der Waals surface area contributed by atoms with Crippen LogP contribution in [0.3, 0.4) is 0 Å². The van der Waals surface area contributed by atoms with Gasteiger partial charge in [-0.1, -0.05) is 100 Å². The van der Waals surface area contributed by atoms with Crippen molar-refractivity contribution in [3.8, 4) is 11.1 Å². The van der Waals surface area contributed by atoms with E-state index in [0.717, 1.165) is 78.1 Å². The fourth-order valence-corrected chi connectivity index (χ4v) is 8.41. The SMILES string of the molecule is CCCc1cc(=O)[nH]c2cc(NC(=O)[C@H](CCCCNC(=O)OC(C)(C)C)NC(=O)[C@H](CC3CCCCC3)NC(=O)OCC3c4ccccc4-c4ccccc43)ccc12. The zero-order valence-corrected chi connectivity index (χ0v) is 34.8. The molecule has 0 aliphatic heterocycles. The van der Waals surface area contributed by atoms with Crippen molar-refractivity contribution >= 4 is 40.6 Å². The van der Waals surface area contributed by atoms with E-state index >= 15 is 0 Å². The van der Waals surface area contributed by atoms with Gasteiger partial charge in [0.25, 0.3) is 0 Å². The van der Waals surface area contributed by atoms with Crippen LogP contribution in [0.2, 0.25) is 0 Å². The van der Waals surface area contributed by atoms with E-state index in [0.29, 0.717) is 37.0 Å². The summed E-state index contributed by atoms with van der Waals surface area (Å²) in [4.78, 5) is 69.4. The Morgan fingerprint density at radius 1 is 0.814 bits per heavy atom. The van der Waals surface area contributed by atoms with Crippen LogP contribution in [0, 0.1) is 5.92 Å². The molecule has 0 bridgehead atoms. The Morgan fingerprint density at radius 2 is 1.51 bits per heavy atom. The number of hydrogen-bond donors (Lipinski definition) is 5. The van der Waals surface area contributed by atoms with Crippen LogP contribution >= 0.6 is 0 Å². The van der Waals surface area contributed by atoms with Gasteiger partial charge in [-0.2, -0.15) is 0 Å². The minimum atomic E-state index is -0.969. The molecular formula is C47H59N5O7. The number of pyridine rings is 1. The van der Waals surface area contributed by atoms with Gasteiger partial charge in [-0.05, 0) is 98.7 Å². The summed E-state index contributed by atoms with van der Waals surface area (Å²) in [6, 6.07) is 21.3. The van der Waals surface area contributed by atoms with E-state index < -0.39 is 41.7 Å². The standard InChI is InChI=1S/C47H59N5O7/c1-5-15-31-27-42(53)50-40-28-32(23-24-33(31)40)49-43(54)39(22-13-14-25-48-45(56)59-47(2,3)4)51-44(55)41(26-30-16-7-6-8-17-30)52-46(57)58-29-38-36-20-11-9-18-34(36)35-19-10-12-21-37(35)38/h9-12,18-21,23-24,27-28,30,38-39,41H,5-8,13-17,22,25-26,29H2,1-4H3,(H,48,56)(H,49,54)(H,50,53)(H,51,55)(H,52,57)/t39-,41-/m0/s1. The van der Waals surface area contributed by atoms with Gasteiger partial charge in [-0.3, -0.25) is 14.4 Å². The molecule has 12 nitrogen and oxygen atoms in total. The number of hydrogen-bond acceptors (Lipinski definition) is 7. The Labute approximate surface area is 346 Å². The Kier molecular flexibility index (Phi) is 14.5. The molecule has 0 radical (unpaired) electrons. The maximum Gasteiger partial charge on any atom is 0.407 e. The predicted molar refractivity (Wildman–Crippen MR) is 230 cm³/mol. The first kappa shape index (κ1) is 42.9. The maximum atomic E-state index is 14.3. The van der Waals surface area contributed by atoms with E-state index in [9.17, 15) is 24.0 Å². The molecule has 1 aromatic heterocycles. The normalized spacial score (nSPS) is 15.1. The number of carbonyl (C=O) groups excluding carboxylic acids is 4. The lowest BCUT2D eigenvalue weighted by atomic mass is 9.84. The zero-order valence-electron chi connectivity index (χ0n) is 34.8. The van der Waals surface area contributed by atoms with Crippen LogP contribution in [-0.2, 0) is 25.5 Å². The number of aromatic nitrogens is 1. The van der Waals surface area contributed by atoms with E-state index in [1.165, 1.54) is 0 Å². The van der Waals surface area contributed by atoms with E-state index in [1.807, 2.05) is 30.3 Å². The highest BCUT2D eigenvalue weighted by Crippen LogP contribution is 2.44. The summed E-state index contributed by atoms with van der Waals surface area (Å²) >= 11 is 0. The van der Waals surface area contributed by atoms with Gasteiger partial charge in [-0.25, -0.2) is 9.59 Å². The van der Waals surface area contributed by atoms with Crippen molar-refractivity contribution in [2.75, 3.05) is 18.5 Å². The molecule has 2 aliphatic carbocycles. The summed E-state index contributed by atoms with van der Waals surface area (Å²) in [6.07, 6.45) is 7.27. The monoisotopic (exact) mass is 805 g/mol. The minimum Gasteiger partial charge on any atom is -0.449 e. The Bertz CT molecular complexity index is 2120. The largest absolute Gasteiger partial charge is 0.449 e. The molecule has 2 atom stereocenters. The Hall–Kier alpha value is -5.65. The topological polar surface area (TPSA) is 168 Å². The second-order valence-electron chi connectivity index (χ2n) is 16.9. The smallest absolute Gasteiger partial charge is 0.407 e. The lowest BCUT2D eigenvalue weighted by molar-refractivity contribution is -0.128. The second kappa shape index (κ2) is 19.9. The Morgan fingerprint density at radius 3 is 2.19 bits per heavy atom. The van der Waals surface area contributed by atoms with Crippen LogP contribution in [-0.4, -0.2) is 59.8 Å². The lowest BCUT2D eigenvalue weighted by Crippen LogP contribution is -2.53. The van der Waals surface area contributed by atoms with Crippen LogP contribution in [0.5, 0.6) is 0 Å². The molecule has 3 aromatic carbocycles. The molecule has 12 heteroatoms. The van der Waals surface area contributed by atoms with Crippen LogP contribution in [0.4, 0.5) is 15.3 Å². The first-order valence-corrected chi connectivity index (χ1v) is 21.2. The van der Waals surface area contributed by atoms with E-state index in [4.69, 9.17) is 9.47 Å². The van der Waals surface area contributed by atoms with Gasteiger partial charge in [0, 0.05) is 29.6 Å². The second-order valence-corrected chi connectivity index (χ2v) is 16.9. The number of nitrogens with one attached hydrogen (secondary N) is 5. The number of aryl methyl sites for hydroxylation is 1. The molecule has 1 fully saturated rings. The van der Waals surface area contributed by atoms with Gasteiger partial charge < -0.3 is 35.7 Å². The quantitative estimate of drug-likeness (QED) is 0.0708. The fourth-order valence-electron chi connectivity index (χ4n) is 8.41. The third-order valence-electron chi connectivity index (χ3n) is 11.2. The average Bonchev–Trinajstić information content (AvgIpc) is 3.52. The molecule has 314 valence electrons. The number of anilines is 1. The highest BCUT2D eigenvalue weighted by atomic mass is 16.6. The predicted octanol–water partition coefficient (Wildman–Crippen LogP) is 8.48. The number of benzene rings is 3. The summed E-state index contributed by atoms with van der Waals surface area (Å²) < 4.78 is 11.2. The molecule has 1 heterocycles. The van der Waals surface area contributed by atoms with Gasteiger partial charge in [0.1, 0.15) is 24.3 Å². The van der Waals surface area contributed by atoms with Crippen molar-refractivity contribution in [3.63, 3.8) is 0 Å². The Balaban J connectivity index is 1.16. The molecule has 4 amide bonds. The van der Waals surface area contributed by atoms with Crippen molar-refractivity contribution in [3.05, 3.63) is 99.8 Å². The van der Waals surface area contributed by atoms with Crippen molar-refractivity contribution in [2.24, 2.45) is 5.92 Å². The van der Waals surface area contributed by atoms with Gasteiger partial charge in [-0.15, -0.1) is 0 Å². The molecule has 6 rings (SSSR count). The number of H-pyrrole nitrogens is 1. The number of unbranched alkanes of at least 4 members (excludes halogenated alkanes) is 1. The fraction of sp³-hybridized carbons (Fsp3) is 0.468. The maximum absolute atomic E-state index is 14.3. The number of carbonyl (C=O) groups is 4. The summed E-state index contributed by atoms with van der Waals surface area (Å²) in [5.74, 6) is -0.814. The van der Waals surface area contributed by atoms with E-state index in [1.54, 1.807) is 39.0 Å². The van der Waals surface area contributed by atoms with Gasteiger partial charge in [0.2, 0.25) is 17.4 Å². The van der Waals surface area contributed by atoms with Crippen LogP contribution in [0.15, 0.2) is 77.6 Å². The molecule has 2 aliphatic rings. The third kappa shape index (κ3) is 11.7. The third-order valence-corrected chi connectivity index (χ3v) is 11.2. The van der Waals surface area contributed by atoms with Crippen molar-refractivity contribution in [1.29, 1.82) is 0 Å². The summed E-state index contributed by atoms with van der Waals surface area (Å²) in [6.45, 7) is 7.86. The van der Waals surface area contributed by atoms with Gasteiger partial charge >= 0.3 is 12.2 Å². The van der Waals surface area contributed by atoms with E-state index in [-0.39, 0.29) is 30.4 Å². The van der Waals surface area contributed by atoms with Crippen molar-refractivity contribution in [1.82, 2.24) is 20.9 Å². The van der Waals surface area contributed by atoms with Crippen LogP contribution in [0.1, 0.15) is 115 Å². The lowest BCUT2D eigenvalue weighted by Gasteiger charge is -2.28. The zero-order chi connectivity index (χ0) is 41.9. The summed E-state index contributed by atoms with van der Waals surface area (Å²) in [7, 11) is 0. The molecule has 0 unspecified atom stereocenters. The number of alkyl carbamates (subject to hydrolysis) is 2. The number of fused-ring (bicyclic) bond motifs is 4. The van der Waals surface area contributed by atoms with Gasteiger partial charge in [0.15, 0.2) is 0 Å². The van der Waals surface area contributed by atoms with Crippen LogP contribution in [0.25, 0.3) is 22.0 Å². The highest BCUT2D eigenvalue weighted by molar-refractivity contribution is 5.99. The minimum absolute atomic E-state index is 0.108. The number of rotatable bonds is 16. The highest BCUT2D eigenvalue weighted by Gasteiger charge is 2.32. The van der Waals surface area contributed by atoms with Gasteiger partial charge in [0.05, 0.1) is 5.52 Å². The molecule has 0 spiro atoms. The number of amides is 4. The summed E-state index contributed by atoms with van der Waals surface area (Å²) in [5.41, 5.74) is 5.57. The molecular weight excluding hydrogens is 747 g/mol. The molecule has 0 saturated heterocycles. The number of ether oxygens (including phenoxy) is 2. The van der Waals surface area contributed by atoms with Crippen molar-refractivity contribution < 1.29 is 28.7 Å². The van der Waals surface area contributed by atoms with Crippen LogP contribution < -0.4 is 26.8 Å². The first-order valence-electron chi connectivity index (χ1n) is 21.2. The van der Waals surface area contributed by atoms with E-state index in [2.05, 4.69) is 57.4 Å². The molecule has 1 saturated carbocycles. The molecule has 5 N–H and O–H groups in total. The number of aromatic amines is 1. The summed E-state index contributed by atoms with van der Waals surface area (Å²) in [5, 5.41) is 12.4. The average molecular weight is 806 g/mol. The molecule has 4 aromatic rings.